The summed E-state index contributed by atoms with van der Waals surface area (Å²) in [5, 5.41) is 0. The van der Waals surface area contributed by atoms with E-state index >= 15 is 0 Å². The van der Waals surface area contributed by atoms with Gasteiger partial charge in [-0.05, 0) is 36.2 Å². The van der Waals surface area contributed by atoms with E-state index in [0.717, 1.165) is 10.1 Å². The molecule has 4 rings (SSSR count). The van der Waals surface area contributed by atoms with Gasteiger partial charge in [0.05, 0.1) is 29.1 Å². The molecule has 33 heavy (non-hydrogen) atoms. The summed E-state index contributed by atoms with van der Waals surface area (Å²) in [5.74, 6) is -0.592. The van der Waals surface area contributed by atoms with Crippen LogP contribution in [0.5, 0.6) is 0 Å². The number of aryl methyl sites for hydroxylation is 1. The maximum Gasteiger partial charge on any atom is 0.320 e. The zero-order valence-corrected chi connectivity index (χ0v) is 18.5. The average molecular weight is 480 g/mol. The van der Waals surface area contributed by atoms with Gasteiger partial charge in [-0.2, -0.15) is 13.1 Å². The molecular formula is C22H23F2N3O5S. The molecule has 11 heteroatoms. The first-order valence-electron chi connectivity index (χ1n) is 10.4. The summed E-state index contributed by atoms with van der Waals surface area (Å²) in [6.07, 6.45) is 0.340. The van der Waals surface area contributed by atoms with Gasteiger partial charge in [-0.15, -0.1) is 0 Å². The number of nitrogens with zero attached hydrogens (tertiary/aromatic N) is 3. The van der Waals surface area contributed by atoms with E-state index in [1.54, 1.807) is 30.3 Å². The third-order valence-electron chi connectivity index (χ3n) is 5.38. The van der Waals surface area contributed by atoms with E-state index in [9.17, 15) is 22.0 Å². The van der Waals surface area contributed by atoms with E-state index in [1.807, 2.05) is 0 Å². The summed E-state index contributed by atoms with van der Waals surface area (Å²) in [6, 6.07) is 12.8. The lowest BCUT2D eigenvalue weighted by molar-refractivity contribution is -0.145. The number of benzene rings is 2. The van der Waals surface area contributed by atoms with Crippen molar-refractivity contribution in [3.63, 3.8) is 0 Å². The number of alkyl halides is 2. The van der Waals surface area contributed by atoms with Crippen molar-refractivity contribution in [2.24, 2.45) is 0 Å². The molecule has 0 aliphatic carbocycles. The van der Waals surface area contributed by atoms with Crippen LogP contribution < -0.4 is 0 Å². The van der Waals surface area contributed by atoms with Gasteiger partial charge in [-0.25, -0.2) is 13.4 Å². The standard InChI is InChI=1S/C22H23F2N3O5S/c23-22(24)27-19-4-2-1-3-18(19)25-20(27)15-32-21(28)10-7-16-5-8-17(9-6-16)33(29,30)26-11-13-31-14-12-26/h1-6,8-9,22H,7,10-15H2. The van der Waals surface area contributed by atoms with E-state index < -0.39 is 22.5 Å². The van der Waals surface area contributed by atoms with Gasteiger partial charge in [0, 0.05) is 19.5 Å². The van der Waals surface area contributed by atoms with Gasteiger partial charge < -0.3 is 9.47 Å². The minimum absolute atomic E-state index is 0.0183. The number of aromatic nitrogens is 2. The predicted octanol–water partition coefficient (Wildman–Crippen LogP) is 3.13. The van der Waals surface area contributed by atoms with Crippen LogP contribution in [0.15, 0.2) is 53.4 Å². The molecule has 0 saturated carbocycles. The van der Waals surface area contributed by atoms with Crippen molar-refractivity contribution < 1.29 is 31.5 Å². The summed E-state index contributed by atoms with van der Waals surface area (Å²) in [5.41, 5.74) is 1.43. The summed E-state index contributed by atoms with van der Waals surface area (Å²) in [4.78, 5) is 16.5. The lowest BCUT2D eigenvalue weighted by atomic mass is 10.1. The molecule has 0 amide bonds. The van der Waals surface area contributed by atoms with Gasteiger partial charge in [0.1, 0.15) is 6.61 Å². The van der Waals surface area contributed by atoms with Crippen molar-refractivity contribution >= 4 is 27.0 Å². The molecule has 0 radical (unpaired) electrons. The molecule has 0 spiro atoms. The first kappa shape index (κ1) is 23.3. The molecule has 0 atom stereocenters. The summed E-state index contributed by atoms with van der Waals surface area (Å²) >= 11 is 0. The Morgan fingerprint density at radius 1 is 1.09 bits per heavy atom. The molecule has 1 aliphatic rings. The van der Waals surface area contributed by atoms with E-state index in [1.165, 1.54) is 22.5 Å². The molecule has 0 N–H and O–H groups in total. The van der Waals surface area contributed by atoms with Crippen LogP contribution in [0.25, 0.3) is 11.0 Å². The number of fused-ring (bicyclic) bond motifs is 1. The third-order valence-corrected chi connectivity index (χ3v) is 7.29. The van der Waals surface area contributed by atoms with Crippen LogP contribution in [0.4, 0.5) is 8.78 Å². The lowest BCUT2D eigenvalue weighted by Crippen LogP contribution is -2.40. The fraction of sp³-hybridized carbons (Fsp3) is 0.364. The molecule has 2 heterocycles. The Balaban J connectivity index is 1.33. The van der Waals surface area contributed by atoms with Crippen LogP contribution in [0.3, 0.4) is 0 Å². The minimum Gasteiger partial charge on any atom is -0.457 e. The second-order valence-electron chi connectivity index (χ2n) is 7.49. The number of ether oxygens (including phenoxy) is 2. The molecule has 0 bridgehead atoms. The number of rotatable bonds is 8. The van der Waals surface area contributed by atoms with Crippen molar-refractivity contribution in [3.05, 3.63) is 59.9 Å². The van der Waals surface area contributed by atoms with E-state index in [4.69, 9.17) is 9.47 Å². The van der Waals surface area contributed by atoms with Crippen molar-refractivity contribution in [3.8, 4) is 0 Å². The normalized spacial score (nSPS) is 15.2. The number of para-hydroxylation sites is 2. The maximum atomic E-state index is 13.5. The maximum absolute atomic E-state index is 13.5. The van der Waals surface area contributed by atoms with Crippen molar-refractivity contribution in [1.29, 1.82) is 0 Å². The summed E-state index contributed by atoms with van der Waals surface area (Å²) in [6.45, 7) is -1.81. The molecule has 1 saturated heterocycles. The Hall–Kier alpha value is -2.89. The first-order chi connectivity index (χ1) is 15.9. The molecule has 3 aromatic rings. The average Bonchev–Trinajstić information content (AvgIpc) is 3.21. The van der Waals surface area contributed by atoms with Gasteiger partial charge in [-0.3, -0.25) is 9.36 Å². The molecule has 2 aromatic carbocycles. The van der Waals surface area contributed by atoms with Crippen LogP contribution in [-0.2, 0) is 37.3 Å². The van der Waals surface area contributed by atoms with Crippen LogP contribution in [0.2, 0.25) is 0 Å². The van der Waals surface area contributed by atoms with E-state index in [0.29, 0.717) is 38.2 Å². The molecule has 1 fully saturated rings. The van der Waals surface area contributed by atoms with Crippen LogP contribution >= 0.6 is 0 Å². The lowest BCUT2D eigenvalue weighted by Gasteiger charge is -2.26. The van der Waals surface area contributed by atoms with Gasteiger partial charge in [0.2, 0.25) is 10.0 Å². The zero-order valence-electron chi connectivity index (χ0n) is 17.7. The SMILES string of the molecule is O=C(CCc1ccc(S(=O)(=O)N2CCOCC2)cc1)OCc1nc2ccccc2n1C(F)F. The third kappa shape index (κ3) is 5.21. The highest BCUT2D eigenvalue weighted by Gasteiger charge is 2.26. The van der Waals surface area contributed by atoms with Crippen LogP contribution in [-0.4, -0.2) is 54.5 Å². The Bertz CT molecular complexity index is 1220. The fourth-order valence-corrected chi connectivity index (χ4v) is 5.05. The number of carbonyl (C=O) groups excluding carboxylic acids is 1. The van der Waals surface area contributed by atoms with Gasteiger partial charge in [-0.1, -0.05) is 24.3 Å². The van der Waals surface area contributed by atoms with Crippen molar-refractivity contribution in [2.45, 2.75) is 30.9 Å². The first-order valence-corrected chi connectivity index (χ1v) is 11.9. The van der Waals surface area contributed by atoms with E-state index in [-0.39, 0.29) is 29.3 Å². The van der Waals surface area contributed by atoms with Crippen molar-refractivity contribution in [2.75, 3.05) is 26.3 Å². The number of hydrogen-bond acceptors (Lipinski definition) is 6. The highest BCUT2D eigenvalue weighted by atomic mass is 32.2. The van der Waals surface area contributed by atoms with Crippen LogP contribution in [0.1, 0.15) is 24.4 Å². The Morgan fingerprint density at radius 3 is 2.48 bits per heavy atom. The van der Waals surface area contributed by atoms with Gasteiger partial charge in [0.15, 0.2) is 5.82 Å². The van der Waals surface area contributed by atoms with Crippen LogP contribution in [0, 0.1) is 0 Å². The Kier molecular flexibility index (Phi) is 7.01. The number of esters is 1. The smallest absolute Gasteiger partial charge is 0.320 e. The zero-order chi connectivity index (χ0) is 23.4. The number of hydrogen-bond donors (Lipinski definition) is 0. The topological polar surface area (TPSA) is 90.7 Å². The van der Waals surface area contributed by atoms with Crippen molar-refractivity contribution in [1.82, 2.24) is 13.9 Å². The summed E-state index contributed by atoms with van der Waals surface area (Å²) in [7, 11) is -3.58. The van der Waals surface area contributed by atoms with Gasteiger partial charge >= 0.3 is 12.5 Å². The number of morpholine rings is 1. The Labute approximate surface area is 189 Å². The Morgan fingerprint density at radius 2 is 1.79 bits per heavy atom. The number of halogens is 2. The highest BCUT2D eigenvalue weighted by molar-refractivity contribution is 7.89. The second kappa shape index (κ2) is 9.94. The monoisotopic (exact) mass is 479 g/mol. The predicted molar refractivity (Wildman–Crippen MR) is 115 cm³/mol. The quantitative estimate of drug-likeness (QED) is 0.461. The molecule has 8 nitrogen and oxygen atoms in total. The molecule has 1 aromatic heterocycles. The largest absolute Gasteiger partial charge is 0.457 e. The summed E-state index contributed by atoms with van der Waals surface area (Å²) < 4.78 is 64.7. The number of imidazole rings is 1. The van der Waals surface area contributed by atoms with E-state index in [2.05, 4.69) is 4.98 Å². The minimum atomic E-state index is -3.58. The fourth-order valence-electron chi connectivity index (χ4n) is 3.64. The van der Waals surface area contributed by atoms with Gasteiger partial charge in [0.25, 0.3) is 0 Å². The second-order valence-corrected chi connectivity index (χ2v) is 9.42. The highest BCUT2D eigenvalue weighted by Crippen LogP contribution is 2.24. The molecule has 0 unspecified atom stereocenters. The molecular weight excluding hydrogens is 456 g/mol. The number of sulfonamides is 1. The number of carbonyl (C=O) groups is 1. The molecule has 1 aliphatic heterocycles. The molecule has 176 valence electrons.